The largest absolute Gasteiger partial charge is 0.488 e. The number of amides is 2. The molecule has 25 heavy (non-hydrogen) atoms. The first-order chi connectivity index (χ1) is 12.1. The van der Waals surface area contributed by atoms with Gasteiger partial charge in [-0.1, -0.05) is 24.3 Å². The van der Waals surface area contributed by atoms with Crippen molar-refractivity contribution in [3.63, 3.8) is 0 Å². The van der Waals surface area contributed by atoms with Crippen LogP contribution in [0.2, 0.25) is 0 Å². The minimum Gasteiger partial charge on any atom is -0.488 e. The minimum absolute atomic E-state index is 0.260. The van der Waals surface area contributed by atoms with Crippen molar-refractivity contribution in [1.29, 1.82) is 0 Å². The van der Waals surface area contributed by atoms with Crippen molar-refractivity contribution in [3.8, 4) is 5.75 Å². The van der Waals surface area contributed by atoms with Gasteiger partial charge in [-0.15, -0.1) is 0 Å². The third kappa shape index (κ3) is 5.72. The summed E-state index contributed by atoms with van der Waals surface area (Å²) in [6.07, 6.45) is 1.39. The molecule has 0 radical (unpaired) electrons. The number of likely N-dealkylation sites (N-methyl/N-ethyl adjacent to an activating group) is 1. The van der Waals surface area contributed by atoms with Crippen LogP contribution in [-0.4, -0.2) is 24.6 Å². The van der Waals surface area contributed by atoms with Gasteiger partial charge in [0.15, 0.2) is 0 Å². The van der Waals surface area contributed by atoms with Gasteiger partial charge in [0.25, 0.3) is 0 Å². The molecule has 0 aromatic heterocycles. The number of benzene rings is 2. The van der Waals surface area contributed by atoms with Crippen LogP contribution < -0.4 is 15.5 Å². The van der Waals surface area contributed by atoms with E-state index in [1.54, 1.807) is 43.3 Å². The van der Waals surface area contributed by atoms with Crippen LogP contribution in [0.25, 0.3) is 0 Å². The molecular formula is C18H18FN3O3. The van der Waals surface area contributed by atoms with Crippen molar-refractivity contribution in [1.82, 2.24) is 10.7 Å². The van der Waals surface area contributed by atoms with Gasteiger partial charge in [-0.2, -0.15) is 5.10 Å². The zero-order chi connectivity index (χ0) is 18.1. The van der Waals surface area contributed by atoms with Gasteiger partial charge in [0.05, 0.1) is 6.21 Å². The van der Waals surface area contributed by atoms with Crippen molar-refractivity contribution in [2.75, 3.05) is 6.54 Å². The van der Waals surface area contributed by atoms with Gasteiger partial charge in [-0.05, 0) is 36.8 Å². The molecule has 2 N–H and O–H groups in total. The summed E-state index contributed by atoms with van der Waals surface area (Å²) >= 11 is 0. The van der Waals surface area contributed by atoms with Crippen molar-refractivity contribution in [2.24, 2.45) is 5.10 Å². The molecule has 0 saturated carbocycles. The van der Waals surface area contributed by atoms with Gasteiger partial charge >= 0.3 is 11.8 Å². The maximum Gasteiger partial charge on any atom is 0.329 e. The Morgan fingerprint density at radius 2 is 1.84 bits per heavy atom. The number of hydrazone groups is 1. The zero-order valence-corrected chi connectivity index (χ0v) is 13.7. The Hall–Kier alpha value is -3.22. The van der Waals surface area contributed by atoms with E-state index in [0.29, 0.717) is 17.9 Å². The summed E-state index contributed by atoms with van der Waals surface area (Å²) in [6, 6.07) is 13.1. The highest BCUT2D eigenvalue weighted by Crippen LogP contribution is 2.17. The van der Waals surface area contributed by atoms with Gasteiger partial charge in [0.1, 0.15) is 18.2 Å². The summed E-state index contributed by atoms with van der Waals surface area (Å²) in [7, 11) is 0. The average Bonchev–Trinajstić information content (AvgIpc) is 2.62. The molecule has 0 saturated heterocycles. The first-order valence-corrected chi connectivity index (χ1v) is 7.67. The molecule has 0 aliphatic heterocycles. The maximum absolute atomic E-state index is 12.9. The highest BCUT2D eigenvalue weighted by molar-refractivity contribution is 6.35. The summed E-state index contributed by atoms with van der Waals surface area (Å²) in [4.78, 5) is 22.7. The Bertz CT molecular complexity index is 760. The fraction of sp³-hybridized carbons (Fsp3) is 0.167. The van der Waals surface area contributed by atoms with Gasteiger partial charge in [-0.25, -0.2) is 9.82 Å². The van der Waals surface area contributed by atoms with Gasteiger partial charge < -0.3 is 10.1 Å². The molecule has 2 amide bonds. The fourth-order valence-electron chi connectivity index (χ4n) is 1.91. The second-order valence-corrected chi connectivity index (χ2v) is 5.01. The highest BCUT2D eigenvalue weighted by atomic mass is 19.1. The number of hydrogen-bond donors (Lipinski definition) is 2. The standard InChI is InChI=1S/C18H18FN3O3/c1-2-20-17(23)18(24)22-21-11-14-5-3-4-6-16(14)25-12-13-7-9-15(19)10-8-13/h3-11H,2,12H2,1H3,(H,20,23)(H,22,24)/b21-11-. The molecule has 0 fully saturated rings. The average molecular weight is 343 g/mol. The van der Waals surface area contributed by atoms with Crippen LogP contribution in [-0.2, 0) is 16.2 Å². The van der Waals surface area contributed by atoms with Crippen molar-refractivity contribution >= 4 is 18.0 Å². The Balaban J connectivity index is 1.97. The van der Waals surface area contributed by atoms with Crippen molar-refractivity contribution in [2.45, 2.75) is 13.5 Å². The van der Waals surface area contributed by atoms with Crippen LogP contribution in [0.15, 0.2) is 53.6 Å². The van der Waals surface area contributed by atoms with Crippen LogP contribution >= 0.6 is 0 Å². The first kappa shape index (κ1) is 18.1. The van der Waals surface area contributed by atoms with Crippen LogP contribution in [0.1, 0.15) is 18.1 Å². The molecule has 0 atom stereocenters. The summed E-state index contributed by atoms with van der Waals surface area (Å²) in [5.74, 6) is -1.36. The topological polar surface area (TPSA) is 79.8 Å². The number of nitrogens with one attached hydrogen (secondary N) is 2. The number of ether oxygens (including phenoxy) is 1. The molecule has 130 valence electrons. The monoisotopic (exact) mass is 343 g/mol. The molecule has 0 aliphatic carbocycles. The van der Waals surface area contributed by atoms with Crippen LogP contribution in [0.4, 0.5) is 4.39 Å². The van der Waals surface area contributed by atoms with Crippen LogP contribution in [0, 0.1) is 5.82 Å². The Morgan fingerprint density at radius 1 is 1.12 bits per heavy atom. The molecule has 0 heterocycles. The zero-order valence-electron chi connectivity index (χ0n) is 13.7. The first-order valence-electron chi connectivity index (χ1n) is 7.67. The van der Waals surface area contributed by atoms with E-state index in [-0.39, 0.29) is 12.4 Å². The predicted octanol–water partition coefficient (Wildman–Crippen LogP) is 1.99. The van der Waals surface area contributed by atoms with Crippen molar-refractivity contribution in [3.05, 3.63) is 65.5 Å². The Morgan fingerprint density at radius 3 is 2.56 bits per heavy atom. The van der Waals surface area contributed by atoms with Crippen LogP contribution in [0.3, 0.4) is 0 Å². The molecule has 0 aliphatic rings. The molecule has 0 spiro atoms. The SMILES string of the molecule is CCNC(=O)C(=O)N/N=C\c1ccccc1OCc1ccc(F)cc1. The van der Waals surface area contributed by atoms with E-state index in [0.717, 1.165) is 5.56 Å². The summed E-state index contributed by atoms with van der Waals surface area (Å²) in [6.45, 7) is 2.33. The van der Waals surface area contributed by atoms with E-state index in [2.05, 4.69) is 15.8 Å². The van der Waals surface area contributed by atoms with E-state index < -0.39 is 11.8 Å². The van der Waals surface area contributed by atoms with Crippen LogP contribution in [0.5, 0.6) is 5.75 Å². The van der Waals surface area contributed by atoms with E-state index in [4.69, 9.17) is 4.74 Å². The molecule has 7 heteroatoms. The third-order valence-corrected chi connectivity index (χ3v) is 3.14. The van der Waals surface area contributed by atoms with Gasteiger partial charge in [0, 0.05) is 12.1 Å². The lowest BCUT2D eigenvalue weighted by molar-refractivity contribution is -0.139. The van der Waals surface area contributed by atoms with E-state index in [9.17, 15) is 14.0 Å². The number of rotatable bonds is 6. The quantitative estimate of drug-likeness (QED) is 0.478. The third-order valence-electron chi connectivity index (χ3n) is 3.14. The summed E-state index contributed by atoms with van der Waals surface area (Å²) in [5.41, 5.74) is 3.59. The lowest BCUT2D eigenvalue weighted by Crippen LogP contribution is -2.37. The molecule has 6 nitrogen and oxygen atoms in total. The molecule has 2 aromatic rings. The minimum atomic E-state index is -0.845. The molecule has 2 rings (SSSR count). The van der Waals surface area contributed by atoms with Gasteiger partial charge in [0.2, 0.25) is 0 Å². The second-order valence-electron chi connectivity index (χ2n) is 5.01. The number of carbonyl (C=O) groups is 2. The molecule has 2 aromatic carbocycles. The lowest BCUT2D eigenvalue weighted by atomic mass is 10.2. The smallest absolute Gasteiger partial charge is 0.329 e. The van der Waals surface area contributed by atoms with E-state index in [1.807, 2.05) is 0 Å². The number of para-hydroxylation sites is 1. The van der Waals surface area contributed by atoms with Gasteiger partial charge in [-0.3, -0.25) is 9.59 Å². The summed E-state index contributed by atoms with van der Waals surface area (Å²) in [5, 5.41) is 6.13. The normalized spacial score (nSPS) is 10.5. The van der Waals surface area contributed by atoms with E-state index in [1.165, 1.54) is 18.3 Å². The number of halogens is 1. The number of hydrogen-bond acceptors (Lipinski definition) is 4. The predicted molar refractivity (Wildman–Crippen MR) is 91.6 cm³/mol. The van der Waals surface area contributed by atoms with Crippen molar-refractivity contribution < 1.29 is 18.7 Å². The second kappa shape index (κ2) is 9.17. The lowest BCUT2D eigenvalue weighted by Gasteiger charge is -2.09. The van der Waals surface area contributed by atoms with E-state index >= 15 is 0 Å². The Kier molecular flexibility index (Phi) is 6.65. The Labute approximate surface area is 144 Å². The fourth-order valence-corrected chi connectivity index (χ4v) is 1.91. The molecule has 0 unspecified atom stereocenters. The molecular weight excluding hydrogens is 325 g/mol. The number of nitrogens with zero attached hydrogens (tertiary/aromatic N) is 1. The highest BCUT2D eigenvalue weighted by Gasteiger charge is 2.10. The summed E-state index contributed by atoms with van der Waals surface area (Å²) < 4.78 is 18.6. The number of carbonyl (C=O) groups excluding carboxylic acids is 2. The maximum atomic E-state index is 12.9. The molecule has 0 bridgehead atoms.